The number of hydrogen-bond acceptors (Lipinski definition) is 4. The molecule has 1 amide bonds. The fraction of sp³-hybridized carbons (Fsp3) is 0.364. The lowest BCUT2D eigenvalue weighted by atomic mass is 10.2. The van der Waals surface area contributed by atoms with E-state index in [2.05, 4.69) is 5.32 Å². The molecule has 1 rings (SSSR count). The molecule has 0 aliphatic carbocycles. The van der Waals surface area contributed by atoms with Gasteiger partial charge in [-0.25, -0.2) is 8.42 Å². The zero-order valence-electron chi connectivity index (χ0n) is 11.0. The van der Waals surface area contributed by atoms with E-state index in [9.17, 15) is 17.4 Å². The molecule has 0 heterocycles. The molecule has 0 saturated heterocycles. The zero-order chi connectivity index (χ0) is 16.4. The van der Waals surface area contributed by atoms with Crippen LogP contribution in [0.3, 0.4) is 0 Å². The normalized spacial score (nSPS) is 14.5. The fourth-order valence-electron chi connectivity index (χ4n) is 1.57. The molecule has 2 unspecified atom stereocenters. The smallest absolute Gasteiger partial charge is 0.262 e. The summed E-state index contributed by atoms with van der Waals surface area (Å²) in [6, 6.07) is 1.93. The van der Waals surface area contributed by atoms with Gasteiger partial charge in [-0.1, -0.05) is 23.2 Å². The largest absolute Gasteiger partial charge is 0.349 e. The molecule has 1 aromatic carbocycles. The Morgan fingerprint density at radius 1 is 1.38 bits per heavy atom. The first kappa shape index (κ1) is 18.7. The second kappa shape index (κ2) is 7.28. The van der Waals surface area contributed by atoms with E-state index in [-0.39, 0.29) is 27.4 Å². The maximum absolute atomic E-state index is 12.0. The van der Waals surface area contributed by atoms with Gasteiger partial charge in [0.1, 0.15) is 4.90 Å². The molecule has 118 valence electrons. The molecule has 0 saturated carbocycles. The molecule has 0 radical (unpaired) electrons. The van der Waals surface area contributed by atoms with Gasteiger partial charge < -0.3 is 5.32 Å². The average Bonchev–Trinajstić information content (AvgIpc) is 2.29. The standard InChI is InChI=1S/C11H12Cl3NO4S2/c1-6(5-20(2)17)15-11(16)7-3-8(12)10(13)9(4-7)21(14,18)19/h3-4,6H,5H2,1-2H3,(H,15,16). The molecule has 0 aliphatic heterocycles. The molecule has 0 bridgehead atoms. The summed E-state index contributed by atoms with van der Waals surface area (Å²) in [6.45, 7) is 1.68. The van der Waals surface area contributed by atoms with Crippen LogP contribution in [0.5, 0.6) is 0 Å². The SMILES string of the molecule is CC(CS(C)=O)NC(=O)c1cc(Cl)c(Cl)c(S(=O)(=O)Cl)c1. The quantitative estimate of drug-likeness (QED) is 0.780. The fourth-order valence-corrected chi connectivity index (χ4v) is 4.13. The summed E-state index contributed by atoms with van der Waals surface area (Å²) in [7, 11) is 0.0381. The third-order valence-corrected chi connectivity index (χ3v) is 5.61. The molecule has 5 nitrogen and oxygen atoms in total. The van der Waals surface area contributed by atoms with Crippen molar-refractivity contribution in [3.05, 3.63) is 27.7 Å². The van der Waals surface area contributed by atoms with Gasteiger partial charge in [0.05, 0.1) is 10.0 Å². The van der Waals surface area contributed by atoms with E-state index in [1.54, 1.807) is 6.92 Å². The highest BCUT2D eigenvalue weighted by atomic mass is 35.7. The highest BCUT2D eigenvalue weighted by molar-refractivity contribution is 8.13. The van der Waals surface area contributed by atoms with Crippen molar-refractivity contribution in [2.75, 3.05) is 12.0 Å². The predicted molar refractivity (Wildman–Crippen MR) is 85.4 cm³/mol. The van der Waals surface area contributed by atoms with Crippen molar-refractivity contribution in [3.63, 3.8) is 0 Å². The Balaban J connectivity index is 3.12. The lowest BCUT2D eigenvalue weighted by Crippen LogP contribution is -2.36. The van der Waals surface area contributed by atoms with Crippen molar-refractivity contribution in [1.29, 1.82) is 0 Å². The van der Waals surface area contributed by atoms with Gasteiger partial charge in [-0.05, 0) is 19.1 Å². The number of carbonyl (C=O) groups is 1. The van der Waals surface area contributed by atoms with Gasteiger partial charge in [0, 0.05) is 45.1 Å². The molecule has 10 heteroatoms. The summed E-state index contributed by atoms with van der Waals surface area (Å²) >= 11 is 11.6. The molecular weight excluding hydrogens is 381 g/mol. The number of halogens is 3. The number of carbonyl (C=O) groups excluding carboxylic acids is 1. The second-order valence-electron chi connectivity index (χ2n) is 4.32. The van der Waals surface area contributed by atoms with E-state index in [0.29, 0.717) is 0 Å². The van der Waals surface area contributed by atoms with Crippen LogP contribution in [0.1, 0.15) is 17.3 Å². The van der Waals surface area contributed by atoms with Crippen LogP contribution >= 0.6 is 33.9 Å². The van der Waals surface area contributed by atoms with Gasteiger partial charge in [-0.2, -0.15) is 0 Å². The molecule has 0 aromatic heterocycles. The minimum Gasteiger partial charge on any atom is -0.349 e. The predicted octanol–water partition coefficient (Wildman–Crippen LogP) is 2.42. The van der Waals surface area contributed by atoms with Crippen molar-refractivity contribution < 1.29 is 17.4 Å². The molecule has 2 atom stereocenters. The van der Waals surface area contributed by atoms with Crippen LogP contribution < -0.4 is 5.32 Å². The number of nitrogens with one attached hydrogen (secondary N) is 1. The van der Waals surface area contributed by atoms with Crippen molar-refractivity contribution in [2.45, 2.75) is 17.9 Å². The summed E-state index contributed by atoms with van der Waals surface area (Å²) in [5.41, 5.74) is -0.00244. The lowest BCUT2D eigenvalue weighted by Gasteiger charge is -2.13. The average molecular weight is 393 g/mol. The molecule has 1 N–H and O–H groups in total. The van der Waals surface area contributed by atoms with Gasteiger partial charge in [0.25, 0.3) is 15.0 Å². The topological polar surface area (TPSA) is 80.3 Å². The van der Waals surface area contributed by atoms with Crippen LogP contribution in [0.2, 0.25) is 10.0 Å². The van der Waals surface area contributed by atoms with Crippen molar-refractivity contribution in [2.24, 2.45) is 0 Å². The molecule has 1 aromatic rings. The van der Waals surface area contributed by atoms with Crippen LogP contribution in [0, 0.1) is 0 Å². The summed E-state index contributed by atoms with van der Waals surface area (Å²) in [4.78, 5) is 11.6. The van der Waals surface area contributed by atoms with Crippen LogP contribution in [0.15, 0.2) is 17.0 Å². The second-order valence-corrected chi connectivity index (χ2v) is 9.12. The molecular formula is C11H12Cl3NO4S2. The number of amides is 1. The highest BCUT2D eigenvalue weighted by Gasteiger charge is 2.21. The first-order chi connectivity index (χ1) is 9.52. The summed E-state index contributed by atoms with van der Waals surface area (Å²) in [5.74, 6) is -0.290. The first-order valence-corrected chi connectivity index (χ1v) is 10.4. The van der Waals surface area contributed by atoms with Crippen molar-refractivity contribution in [1.82, 2.24) is 5.32 Å². The van der Waals surface area contributed by atoms with Gasteiger partial charge in [-0.3, -0.25) is 9.00 Å². The molecule has 0 fully saturated rings. The van der Waals surface area contributed by atoms with Gasteiger partial charge >= 0.3 is 0 Å². The maximum Gasteiger partial charge on any atom is 0.262 e. The molecule has 0 spiro atoms. The maximum atomic E-state index is 12.0. The minimum atomic E-state index is -4.13. The Bertz CT molecular complexity index is 691. The molecule has 0 aliphatic rings. The van der Waals surface area contributed by atoms with Gasteiger partial charge in [0.2, 0.25) is 0 Å². The summed E-state index contributed by atoms with van der Waals surface area (Å²) in [6.07, 6.45) is 1.51. The van der Waals surface area contributed by atoms with E-state index >= 15 is 0 Å². The van der Waals surface area contributed by atoms with E-state index < -0.39 is 30.7 Å². The van der Waals surface area contributed by atoms with Crippen molar-refractivity contribution in [3.8, 4) is 0 Å². The molecule has 21 heavy (non-hydrogen) atoms. The lowest BCUT2D eigenvalue weighted by molar-refractivity contribution is 0.0943. The monoisotopic (exact) mass is 391 g/mol. The number of rotatable bonds is 5. The third kappa shape index (κ3) is 5.41. The Morgan fingerprint density at radius 2 is 1.95 bits per heavy atom. The van der Waals surface area contributed by atoms with Gasteiger partial charge in [0.15, 0.2) is 0 Å². The highest BCUT2D eigenvalue weighted by Crippen LogP contribution is 2.32. The number of benzene rings is 1. The van der Waals surface area contributed by atoms with E-state index in [0.717, 1.165) is 6.07 Å². The van der Waals surface area contributed by atoms with E-state index in [1.807, 2.05) is 0 Å². The van der Waals surface area contributed by atoms with Gasteiger partial charge in [-0.15, -0.1) is 0 Å². The summed E-state index contributed by atoms with van der Waals surface area (Å²) in [5, 5.41) is 2.24. The van der Waals surface area contributed by atoms with Crippen LogP contribution in [-0.2, 0) is 19.9 Å². The van der Waals surface area contributed by atoms with Crippen molar-refractivity contribution >= 4 is 59.6 Å². The van der Waals surface area contributed by atoms with E-state index in [1.165, 1.54) is 12.3 Å². The third-order valence-electron chi connectivity index (χ3n) is 2.38. The number of hydrogen-bond donors (Lipinski definition) is 1. The zero-order valence-corrected chi connectivity index (χ0v) is 14.9. The Labute approximate surface area is 139 Å². The van der Waals surface area contributed by atoms with Crippen LogP contribution in [0.4, 0.5) is 0 Å². The Hall–Kier alpha value is -0.340. The Kier molecular flexibility index (Phi) is 6.49. The van der Waals surface area contributed by atoms with E-state index in [4.69, 9.17) is 33.9 Å². The Morgan fingerprint density at radius 3 is 2.43 bits per heavy atom. The van der Waals surface area contributed by atoms with Crippen LogP contribution in [-0.4, -0.2) is 36.6 Å². The first-order valence-electron chi connectivity index (χ1n) is 5.57. The minimum absolute atomic E-state index is 0.00244. The summed E-state index contributed by atoms with van der Waals surface area (Å²) < 4.78 is 33.9. The van der Waals surface area contributed by atoms with Crippen LogP contribution in [0.25, 0.3) is 0 Å².